The lowest BCUT2D eigenvalue weighted by molar-refractivity contribution is 0.737. The van der Waals surface area contributed by atoms with Crippen LogP contribution in [-0.4, -0.2) is 0 Å². The molecule has 0 radical (unpaired) electrons. The van der Waals surface area contributed by atoms with E-state index in [-0.39, 0.29) is 14.9 Å². The van der Waals surface area contributed by atoms with Gasteiger partial charge in [-0.15, -0.1) is 0 Å². The van der Waals surface area contributed by atoms with Gasteiger partial charge in [0.25, 0.3) is 0 Å². The van der Waals surface area contributed by atoms with Crippen LogP contribution in [0.3, 0.4) is 0 Å². The molecule has 13 heavy (non-hydrogen) atoms. The molecule has 0 spiro atoms. The quantitative estimate of drug-likeness (QED) is 0.418. The van der Waals surface area contributed by atoms with Crippen molar-refractivity contribution in [1.82, 2.24) is 0 Å². The maximum absolute atomic E-state index is 2.17. The summed E-state index contributed by atoms with van der Waals surface area (Å²) in [4.78, 5) is 0. The summed E-state index contributed by atoms with van der Waals surface area (Å²) in [6, 6.07) is 0. The van der Waals surface area contributed by atoms with Crippen LogP contribution in [0.25, 0.3) is 0 Å². The smallest absolute Gasteiger partial charge is 0.0500 e. The molecule has 0 bridgehead atoms. The fraction of sp³-hybridized carbons (Fsp3) is 1.00. The van der Waals surface area contributed by atoms with Crippen LogP contribution in [0.1, 0.15) is 83.6 Å². The van der Waals surface area contributed by atoms with Gasteiger partial charge < -0.3 is 0 Å². The Hall–Kier alpha value is 0. The minimum absolute atomic E-state index is 0. The lowest BCUT2D eigenvalue weighted by atomic mass is 10.3. The molecule has 0 aliphatic carbocycles. The first-order chi connectivity index (χ1) is 5.15. The highest BCUT2D eigenvalue weighted by atomic mass is 13.7. The van der Waals surface area contributed by atoms with Crippen LogP contribution in [0.2, 0.25) is 0 Å². The predicted octanol–water partition coefficient (Wildman–Crippen LogP) is 6.40. The van der Waals surface area contributed by atoms with Crippen LogP contribution < -0.4 is 0 Å². The molecule has 0 saturated heterocycles. The molecule has 0 aliphatic rings. The third-order valence-electron chi connectivity index (χ3n) is 0. The van der Waals surface area contributed by atoms with Crippen LogP contribution in [0.4, 0.5) is 0 Å². The van der Waals surface area contributed by atoms with E-state index in [9.17, 15) is 0 Å². The van der Waals surface area contributed by atoms with E-state index in [2.05, 4.69) is 34.6 Å². The number of hydrogen-bond donors (Lipinski definition) is 0. The van der Waals surface area contributed by atoms with Crippen molar-refractivity contribution in [3.05, 3.63) is 0 Å². The van der Waals surface area contributed by atoms with Gasteiger partial charge in [-0.25, -0.2) is 0 Å². The monoisotopic (exact) mass is 194 g/mol. The van der Waals surface area contributed by atoms with Crippen LogP contribution in [-0.2, 0) is 0 Å². The predicted molar refractivity (Wildman–Crippen MR) is 72.6 cm³/mol. The molecule has 0 saturated carbocycles. The largest absolute Gasteiger partial charge is 0.0776 e. The van der Waals surface area contributed by atoms with E-state index in [4.69, 9.17) is 0 Å². The Kier molecular flexibility index (Phi) is 267. The van der Waals surface area contributed by atoms with Crippen LogP contribution in [0, 0.1) is 5.92 Å². The highest BCUT2D eigenvalue weighted by Crippen LogP contribution is 1.81. The lowest BCUT2D eigenvalue weighted by Gasteiger charge is -1.79. The molecule has 0 aliphatic heterocycles. The van der Waals surface area contributed by atoms with Crippen molar-refractivity contribution >= 4 is 0 Å². The van der Waals surface area contributed by atoms with Gasteiger partial charge in [-0.1, -0.05) is 83.6 Å². The highest BCUT2D eigenvalue weighted by Gasteiger charge is 1.68. The summed E-state index contributed by atoms with van der Waals surface area (Å²) in [5.41, 5.74) is 0. The Morgan fingerprint density at radius 3 is 0.692 bits per heavy atom. The van der Waals surface area contributed by atoms with Crippen LogP contribution in [0.5, 0.6) is 0 Å². The second-order valence-electron chi connectivity index (χ2n) is 2.44. The van der Waals surface area contributed by atoms with Gasteiger partial charge in [0.15, 0.2) is 0 Å². The average Bonchev–Trinajstić information content (AvgIpc) is 1.96. The molecule has 0 aromatic rings. The van der Waals surface area contributed by atoms with Gasteiger partial charge in [0.05, 0.1) is 0 Å². The first-order valence-corrected chi connectivity index (χ1v) is 5.15. The first-order valence-electron chi connectivity index (χ1n) is 5.15. The molecule has 0 rings (SSSR count). The Balaban J connectivity index is -0.0000000125. The normalized spacial score (nSPS) is 5.08. The van der Waals surface area contributed by atoms with Crippen molar-refractivity contribution in [2.24, 2.45) is 5.92 Å². The van der Waals surface area contributed by atoms with E-state index >= 15 is 0 Å². The zero-order valence-electron chi connectivity index (χ0n) is 10.3. The summed E-state index contributed by atoms with van der Waals surface area (Å²) < 4.78 is 0. The van der Waals surface area contributed by atoms with E-state index in [0.717, 1.165) is 5.92 Å². The van der Waals surface area contributed by atoms with Gasteiger partial charge in [0.2, 0.25) is 0 Å². The molecule has 0 aromatic heterocycles. The molecule has 0 nitrogen and oxygen atoms in total. The van der Waals surface area contributed by atoms with Gasteiger partial charge in [-0.2, -0.15) is 0 Å². The lowest BCUT2D eigenvalue weighted by Crippen LogP contribution is -1.66. The molecule has 0 heterocycles. The van der Waals surface area contributed by atoms with Gasteiger partial charge in [0, 0.05) is 0 Å². The van der Waals surface area contributed by atoms with Crippen LogP contribution in [0.15, 0.2) is 0 Å². The van der Waals surface area contributed by atoms with Gasteiger partial charge in [0.1, 0.15) is 0 Å². The minimum atomic E-state index is 0. The van der Waals surface area contributed by atoms with E-state index in [1.807, 2.05) is 27.7 Å². The molecular weight excluding hydrogens is 156 g/mol. The standard InChI is InChI=1S/C4H10.C3H8.2C2H6.2CH4/c1-4(2)3;1-3-2;2*1-2;;/h4H,1-3H3;3H2,1-2H3;2*1-2H3;2*1H4. The Morgan fingerprint density at radius 2 is 0.692 bits per heavy atom. The summed E-state index contributed by atoms with van der Waals surface area (Å²) in [5, 5.41) is 0. The van der Waals surface area contributed by atoms with Crippen LogP contribution >= 0.6 is 0 Å². The Labute approximate surface area is 90.1 Å². The van der Waals surface area contributed by atoms with E-state index in [1.165, 1.54) is 6.42 Å². The molecule has 0 N–H and O–H groups in total. The van der Waals surface area contributed by atoms with Gasteiger partial charge in [-0.3, -0.25) is 0 Å². The molecule has 90 valence electrons. The molecule has 0 fully saturated rings. The van der Waals surface area contributed by atoms with Crippen molar-refractivity contribution in [3.8, 4) is 0 Å². The number of hydrogen-bond acceptors (Lipinski definition) is 0. The summed E-state index contributed by atoms with van der Waals surface area (Å²) >= 11 is 0. The SMILES string of the molecule is C.C.CC.CC.CC(C)C.CCC. The summed E-state index contributed by atoms with van der Waals surface area (Å²) in [7, 11) is 0. The van der Waals surface area contributed by atoms with Crippen molar-refractivity contribution < 1.29 is 0 Å². The molecule has 0 amide bonds. The van der Waals surface area contributed by atoms with Gasteiger partial charge >= 0.3 is 0 Å². The Bertz CT molecular complexity index is 11.2. The van der Waals surface area contributed by atoms with Crippen molar-refractivity contribution in [1.29, 1.82) is 0 Å². The third kappa shape index (κ3) is 0. The summed E-state index contributed by atoms with van der Waals surface area (Å²) in [6.07, 6.45) is 1.25. The van der Waals surface area contributed by atoms with Crippen molar-refractivity contribution in [2.45, 2.75) is 83.6 Å². The summed E-state index contributed by atoms with van der Waals surface area (Å²) in [5.74, 6) is 0.833. The second-order valence-corrected chi connectivity index (χ2v) is 2.44. The van der Waals surface area contributed by atoms with E-state index < -0.39 is 0 Å². The van der Waals surface area contributed by atoms with Gasteiger partial charge in [-0.05, 0) is 5.92 Å². The van der Waals surface area contributed by atoms with Crippen molar-refractivity contribution in [3.63, 3.8) is 0 Å². The fourth-order valence-electron chi connectivity index (χ4n) is 0. The second kappa shape index (κ2) is 90.8. The maximum atomic E-state index is 2.17. The first kappa shape index (κ1) is 38.2. The van der Waals surface area contributed by atoms with Crippen molar-refractivity contribution in [2.75, 3.05) is 0 Å². The zero-order valence-corrected chi connectivity index (χ0v) is 10.3. The summed E-state index contributed by atoms with van der Waals surface area (Å²) in [6.45, 7) is 18.8. The van der Waals surface area contributed by atoms with E-state index in [1.54, 1.807) is 0 Å². The van der Waals surface area contributed by atoms with E-state index in [0.29, 0.717) is 0 Å². The topological polar surface area (TPSA) is 0 Å². The molecule has 0 atom stereocenters. The fourth-order valence-corrected chi connectivity index (χ4v) is 0. The molecule has 0 aromatic carbocycles. The third-order valence-corrected chi connectivity index (χ3v) is 0. The minimum Gasteiger partial charge on any atom is -0.0776 e. The zero-order chi connectivity index (χ0) is 10.3. The molecule has 0 unspecified atom stereocenters. The maximum Gasteiger partial charge on any atom is -0.0500 e. The average molecular weight is 194 g/mol. The number of rotatable bonds is 0. The molecular formula is C13H38. The molecule has 0 heteroatoms. The Morgan fingerprint density at radius 1 is 0.692 bits per heavy atom. The highest BCUT2D eigenvalue weighted by molar-refractivity contribution is 4.20.